The van der Waals surface area contributed by atoms with Crippen molar-refractivity contribution < 1.29 is 19.8 Å². The minimum Gasteiger partial charge on any atom is -0.480 e. The molecule has 0 aromatic carbocycles. The fourth-order valence-corrected chi connectivity index (χ4v) is 0.987. The highest BCUT2D eigenvalue weighted by molar-refractivity contribution is 7.98. The number of aliphatic carboxylic acids is 2. The van der Waals surface area contributed by atoms with Gasteiger partial charge in [0, 0.05) is 11.5 Å². The highest BCUT2D eigenvalue weighted by Crippen LogP contribution is 1.93. The Labute approximate surface area is 97.8 Å². The summed E-state index contributed by atoms with van der Waals surface area (Å²) in [5.41, 5.74) is 10.0. The van der Waals surface area contributed by atoms with E-state index in [9.17, 15) is 9.59 Å². The zero-order valence-electron chi connectivity index (χ0n) is 8.29. The molecule has 0 aliphatic rings. The number of carboxylic acids is 2. The van der Waals surface area contributed by atoms with Gasteiger partial charge in [-0.25, -0.2) is 0 Å². The lowest BCUT2D eigenvalue weighted by Crippen LogP contribution is -2.32. The molecule has 0 aromatic rings. The first kappa shape index (κ1) is 17.0. The van der Waals surface area contributed by atoms with Crippen molar-refractivity contribution in [2.24, 2.45) is 11.5 Å². The standard InChI is InChI=1S/C4H9NO2S.C3H7NO2S/c1-8-2-3(5)4(6)7;4-2(1-7)3(5)6/h3H,2,5H2,1H3,(H,6,7);2,7H,1,4H2,(H,5,6)/t3-;2-/m00/s1. The van der Waals surface area contributed by atoms with Gasteiger partial charge >= 0.3 is 11.9 Å². The smallest absolute Gasteiger partial charge is 0.321 e. The number of hydrogen-bond donors (Lipinski definition) is 5. The van der Waals surface area contributed by atoms with E-state index in [4.69, 9.17) is 21.7 Å². The number of nitrogens with two attached hydrogens (primary N) is 2. The summed E-state index contributed by atoms with van der Waals surface area (Å²) >= 11 is 5.08. The number of thioether (sulfide) groups is 1. The van der Waals surface area contributed by atoms with Gasteiger partial charge in [0.05, 0.1) is 0 Å². The van der Waals surface area contributed by atoms with Crippen molar-refractivity contribution in [1.29, 1.82) is 0 Å². The zero-order chi connectivity index (χ0) is 12.4. The summed E-state index contributed by atoms with van der Waals surface area (Å²) < 4.78 is 0. The normalized spacial score (nSPS) is 13.3. The van der Waals surface area contributed by atoms with Crippen LogP contribution in [-0.4, -0.2) is 52.0 Å². The molecule has 6 nitrogen and oxygen atoms in total. The van der Waals surface area contributed by atoms with E-state index in [1.54, 1.807) is 0 Å². The van der Waals surface area contributed by atoms with Crippen molar-refractivity contribution in [1.82, 2.24) is 0 Å². The molecule has 0 bridgehead atoms. The molecule has 6 N–H and O–H groups in total. The Kier molecular flexibility index (Phi) is 11.4. The van der Waals surface area contributed by atoms with E-state index in [1.807, 2.05) is 6.26 Å². The fraction of sp³-hybridized carbons (Fsp3) is 0.714. The van der Waals surface area contributed by atoms with Crippen LogP contribution in [0.1, 0.15) is 0 Å². The van der Waals surface area contributed by atoms with Crippen LogP contribution in [0.15, 0.2) is 0 Å². The van der Waals surface area contributed by atoms with Gasteiger partial charge in [-0.1, -0.05) is 0 Å². The SMILES string of the molecule is CSC[C@H](N)C(=O)O.N[C@@H](CS)C(=O)O. The lowest BCUT2D eigenvalue weighted by Gasteiger charge is -2.00. The molecule has 0 aliphatic heterocycles. The first-order valence-electron chi connectivity index (χ1n) is 3.93. The van der Waals surface area contributed by atoms with E-state index in [-0.39, 0.29) is 5.75 Å². The second-order valence-corrected chi connectivity index (χ2v) is 3.80. The van der Waals surface area contributed by atoms with Crippen molar-refractivity contribution in [3.63, 3.8) is 0 Å². The van der Waals surface area contributed by atoms with Crippen molar-refractivity contribution >= 4 is 36.3 Å². The van der Waals surface area contributed by atoms with Crippen LogP contribution in [0.3, 0.4) is 0 Å². The van der Waals surface area contributed by atoms with Crippen LogP contribution in [0.25, 0.3) is 0 Å². The van der Waals surface area contributed by atoms with Gasteiger partial charge in [0.25, 0.3) is 0 Å². The van der Waals surface area contributed by atoms with Crippen LogP contribution < -0.4 is 11.5 Å². The maximum Gasteiger partial charge on any atom is 0.321 e. The number of carbonyl (C=O) groups is 2. The topological polar surface area (TPSA) is 127 Å². The van der Waals surface area contributed by atoms with Crippen LogP contribution in [0.5, 0.6) is 0 Å². The number of hydrogen-bond acceptors (Lipinski definition) is 6. The van der Waals surface area contributed by atoms with Gasteiger partial charge in [-0.15, -0.1) is 0 Å². The third-order valence-electron chi connectivity index (χ3n) is 1.18. The molecule has 0 aliphatic carbocycles. The minimum atomic E-state index is -1.00. The number of carboxylic acid groups (broad SMARTS) is 2. The lowest BCUT2D eigenvalue weighted by molar-refractivity contribution is -0.138. The second-order valence-electron chi connectivity index (χ2n) is 2.53. The average molecular weight is 256 g/mol. The predicted molar refractivity (Wildman–Crippen MR) is 63.5 cm³/mol. The molecule has 0 spiro atoms. The number of thiol groups is 1. The lowest BCUT2D eigenvalue weighted by atomic mass is 10.4. The van der Waals surface area contributed by atoms with Gasteiger partial charge in [0.15, 0.2) is 0 Å². The molecule has 0 radical (unpaired) electrons. The van der Waals surface area contributed by atoms with E-state index >= 15 is 0 Å². The van der Waals surface area contributed by atoms with Gasteiger partial charge in [0.2, 0.25) is 0 Å². The van der Waals surface area contributed by atoms with E-state index in [0.717, 1.165) is 0 Å². The molecule has 0 saturated heterocycles. The van der Waals surface area contributed by atoms with E-state index in [0.29, 0.717) is 5.75 Å². The van der Waals surface area contributed by atoms with Crippen molar-refractivity contribution in [3.05, 3.63) is 0 Å². The molecule has 0 unspecified atom stereocenters. The first-order chi connectivity index (χ1) is 6.86. The van der Waals surface area contributed by atoms with Crippen LogP contribution >= 0.6 is 24.4 Å². The molecular formula is C7H16N2O4S2. The van der Waals surface area contributed by atoms with Gasteiger partial charge in [-0.2, -0.15) is 24.4 Å². The Bertz CT molecular complexity index is 203. The summed E-state index contributed by atoms with van der Waals surface area (Å²) in [4.78, 5) is 19.7. The second kappa shape index (κ2) is 10.1. The van der Waals surface area contributed by atoms with E-state index in [1.165, 1.54) is 11.8 Å². The quantitative estimate of drug-likeness (QED) is 0.403. The minimum absolute atomic E-state index is 0.190. The monoisotopic (exact) mass is 256 g/mol. The third kappa shape index (κ3) is 11.5. The molecule has 0 aromatic heterocycles. The molecular weight excluding hydrogens is 240 g/mol. The van der Waals surface area contributed by atoms with Crippen LogP contribution in [0.2, 0.25) is 0 Å². The molecule has 0 amide bonds. The summed E-state index contributed by atoms with van der Waals surface area (Å²) in [5.74, 6) is -1.26. The highest BCUT2D eigenvalue weighted by Gasteiger charge is 2.08. The Hall–Kier alpha value is -0.440. The van der Waals surface area contributed by atoms with Crippen molar-refractivity contribution in [2.45, 2.75) is 12.1 Å². The van der Waals surface area contributed by atoms with Crippen molar-refractivity contribution in [2.75, 3.05) is 17.8 Å². The molecule has 15 heavy (non-hydrogen) atoms. The average Bonchev–Trinajstić information content (AvgIpc) is 2.17. The van der Waals surface area contributed by atoms with Gasteiger partial charge in [-0.3, -0.25) is 9.59 Å². The van der Waals surface area contributed by atoms with Crippen LogP contribution in [0.4, 0.5) is 0 Å². The Morgan fingerprint density at radius 3 is 1.73 bits per heavy atom. The summed E-state index contributed by atoms with van der Waals surface area (Å²) in [6.45, 7) is 0. The fourth-order valence-electron chi connectivity index (χ4n) is 0.329. The maximum absolute atomic E-state index is 9.95. The largest absolute Gasteiger partial charge is 0.480 e. The Morgan fingerprint density at radius 2 is 1.67 bits per heavy atom. The summed E-state index contributed by atoms with van der Waals surface area (Å²) in [6.07, 6.45) is 1.82. The zero-order valence-corrected chi connectivity index (χ0v) is 10.0. The molecule has 0 heterocycles. The Balaban J connectivity index is 0. The van der Waals surface area contributed by atoms with E-state index < -0.39 is 24.0 Å². The Morgan fingerprint density at radius 1 is 1.27 bits per heavy atom. The van der Waals surface area contributed by atoms with Crippen LogP contribution in [0, 0.1) is 0 Å². The third-order valence-corrected chi connectivity index (χ3v) is 2.26. The molecule has 2 atom stereocenters. The van der Waals surface area contributed by atoms with Gasteiger partial charge in [-0.05, 0) is 6.26 Å². The van der Waals surface area contributed by atoms with E-state index in [2.05, 4.69) is 12.6 Å². The van der Waals surface area contributed by atoms with Gasteiger partial charge < -0.3 is 21.7 Å². The first-order valence-corrected chi connectivity index (χ1v) is 5.96. The molecule has 0 fully saturated rings. The van der Waals surface area contributed by atoms with Crippen LogP contribution in [-0.2, 0) is 9.59 Å². The van der Waals surface area contributed by atoms with Gasteiger partial charge in [0.1, 0.15) is 12.1 Å². The molecule has 0 saturated carbocycles. The maximum atomic E-state index is 9.95. The predicted octanol–water partition coefficient (Wildman–Crippen LogP) is -0.911. The van der Waals surface area contributed by atoms with Crippen molar-refractivity contribution in [3.8, 4) is 0 Å². The summed E-state index contributed by atoms with van der Waals surface area (Å²) in [6, 6.07) is -1.52. The highest BCUT2D eigenvalue weighted by atomic mass is 32.2. The summed E-state index contributed by atoms with van der Waals surface area (Å²) in [5, 5.41) is 16.2. The molecule has 90 valence electrons. The molecule has 0 rings (SSSR count). The number of rotatable bonds is 5. The molecule has 8 heteroatoms. The summed E-state index contributed by atoms with van der Waals surface area (Å²) in [7, 11) is 0.